The summed E-state index contributed by atoms with van der Waals surface area (Å²) in [5.41, 5.74) is 3.71. The second-order valence-electron chi connectivity index (χ2n) is 7.10. The Labute approximate surface area is 183 Å². The number of hydrogen-bond acceptors (Lipinski definition) is 8. The molecule has 1 aliphatic heterocycles. The summed E-state index contributed by atoms with van der Waals surface area (Å²) in [4.78, 5) is 25.0. The summed E-state index contributed by atoms with van der Waals surface area (Å²) in [5.74, 6) is 0.445. The quantitative estimate of drug-likeness (QED) is 0.411. The lowest BCUT2D eigenvalue weighted by Crippen LogP contribution is -2.45. The monoisotopic (exact) mass is 436 g/mol. The van der Waals surface area contributed by atoms with Crippen molar-refractivity contribution in [2.45, 2.75) is 0 Å². The van der Waals surface area contributed by atoms with E-state index in [1.807, 2.05) is 0 Å². The van der Waals surface area contributed by atoms with Gasteiger partial charge in [-0.25, -0.2) is 19.8 Å². The lowest BCUT2D eigenvalue weighted by atomic mass is 10.1. The highest BCUT2D eigenvalue weighted by Gasteiger charge is 2.17. The van der Waals surface area contributed by atoms with Gasteiger partial charge in [-0.15, -0.1) is 0 Å². The van der Waals surface area contributed by atoms with Gasteiger partial charge >= 0.3 is 0 Å². The fraction of sp³-hybridized carbons (Fsp3) is 0.227. The molecule has 4 rings (SSSR count). The Morgan fingerprint density at radius 1 is 1.28 bits per heavy atom. The van der Waals surface area contributed by atoms with Crippen LogP contribution in [0.2, 0.25) is 0 Å². The smallest absolute Gasteiger partial charge is 0.291 e. The van der Waals surface area contributed by atoms with E-state index in [0.717, 1.165) is 13.1 Å². The van der Waals surface area contributed by atoms with Gasteiger partial charge < -0.3 is 14.8 Å². The van der Waals surface area contributed by atoms with Crippen LogP contribution in [-0.2, 0) is 0 Å². The topological polar surface area (TPSA) is 111 Å². The number of nitrogens with zero attached hydrogens (tertiary/aromatic N) is 4. The van der Waals surface area contributed by atoms with E-state index in [-0.39, 0.29) is 11.3 Å². The summed E-state index contributed by atoms with van der Waals surface area (Å²) < 4.78 is 24.5. The summed E-state index contributed by atoms with van der Waals surface area (Å²) in [7, 11) is 1.48. The highest BCUT2D eigenvalue weighted by molar-refractivity contribution is 5.93. The van der Waals surface area contributed by atoms with Gasteiger partial charge in [0.25, 0.3) is 5.91 Å². The molecular formula is C22H21FN6O3. The Hall–Kier alpha value is -3.92. The Kier molecular flexibility index (Phi) is 6.61. The van der Waals surface area contributed by atoms with Crippen LogP contribution in [0.3, 0.4) is 0 Å². The molecule has 3 aromatic rings. The molecule has 0 spiro atoms. The molecule has 3 heterocycles. The van der Waals surface area contributed by atoms with Crippen molar-refractivity contribution < 1.29 is 18.7 Å². The minimum absolute atomic E-state index is 0.0589. The van der Waals surface area contributed by atoms with Gasteiger partial charge in [-0.05, 0) is 24.3 Å². The van der Waals surface area contributed by atoms with Crippen LogP contribution in [0.25, 0.3) is 11.3 Å². The van der Waals surface area contributed by atoms with Crippen LogP contribution in [0.4, 0.5) is 4.39 Å². The van der Waals surface area contributed by atoms with Gasteiger partial charge in [-0.2, -0.15) is 5.10 Å². The standard InChI is InChI=1S/C22H21FN6O3/c1-31-17-3-4-18(23)16(6-17)10-27-29-22(30)20-12-25-11-19(28-20)15-2-5-21(26-9-15)32-13-14-7-24-8-14/h2-6,9-12,14,24H,7-8,13H2,1H3,(H,29,30)/b27-10+. The largest absolute Gasteiger partial charge is 0.497 e. The maximum atomic E-state index is 13.8. The van der Waals surface area contributed by atoms with Crippen LogP contribution in [0.15, 0.2) is 54.0 Å². The zero-order valence-corrected chi connectivity index (χ0v) is 17.3. The number of amides is 1. The first-order chi connectivity index (χ1) is 15.6. The SMILES string of the molecule is COc1ccc(F)c(/C=N/NC(=O)c2cncc(-c3ccc(OCC4CNC4)nc3)n2)c1. The summed E-state index contributed by atoms with van der Waals surface area (Å²) >= 11 is 0. The number of aromatic nitrogens is 3. The third-order valence-electron chi connectivity index (χ3n) is 4.81. The van der Waals surface area contributed by atoms with Gasteiger partial charge in [0.2, 0.25) is 5.88 Å². The number of methoxy groups -OCH3 is 1. The normalized spacial score (nSPS) is 13.6. The number of hydrazone groups is 1. The highest BCUT2D eigenvalue weighted by Crippen LogP contribution is 2.19. The van der Waals surface area contributed by atoms with E-state index < -0.39 is 11.7 Å². The third kappa shape index (κ3) is 5.22. The van der Waals surface area contributed by atoms with Crippen molar-refractivity contribution in [2.24, 2.45) is 11.0 Å². The number of rotatable bonds is 8. The van der Waals surface area contributed by atoms with Gasteiger partial charge in [0.1, 0.15) is 17.3 Å². The predicted molar refractivity (Wildman–Crippen MR) is 115 cm³/mol. The van der Waals surface area contributed by atoms with Crippen molar-refractivity contribution in [1.82, 2.24) is 25.7 Å². The molecule has 1 aromatic carbocycles. The number of hydrogen-bond donors (Lipinski definition) is 2. The second kappa shape index (κ2) is 9.92. The molecule has 0 radical (unpaired) electrons. The Bertz CT molecular complexity index is 1120. The summed E-state index contributed by atoms with van der Waals surface area (Å²) in [6.07, 6.45) is 5.65. The van der Waals surface area contributed by atoms with Crippen LogP contribution in [-0.4, -0.2) is 53.9 Å². The average molecular weight is 436 g/mol. The maximum Gasteiger partial charge on any atom is 0.291 e. The molecule has 32 heavy (non-hydrogen) atoms. The van der Waals surface area contributed by atoms with E-state index in [4.69, 9.17) is 9.47 Å². The predicted octanol–water partition coefficient (Wildman–Crippen LogP) is 2.05. The minimum Gasteiger partial charge on any atom is -0.497 e. The molecule has 1 aliphatic rings. The molecule has 10 heteroatoms. The fourth-order valence-electron chi connectivity index (χ4n) is 2.87. The Balaban J connectivity index is 1.39. The van der Waals surface area contributed by atoms with Crippen molar-refractivity contribution in [2.75, 3.05) is 26.8 Å². The van der Waals surface area contributed by atoms with E-state index in [1.54, 1.807) is 18.3 Å². The summed E-state index contributed by atoms with van der Waals surface area (Å²) in [6.45, 7) is 2.54. The Morgan fingerprint density at radius 2 is 2.16 bits per heavy atom. The summed E-state index contributed by atoms with van der Waals surface area (Å²) in [5, 5.41) is 6.99. The van der Waals surface area contributed by atoms with E-state index in [1.165, 1.54) is 43.9 Å². The number of nitrogens with one attached hydrogen (secondary N) is 2. The van der Waals surface area contributed by atoms with E-state index >= 15 is 0 Å². The first-order valence-corrected chi connectivity index (χ1v) is 9.91. The molecular weight excluding hydrogens is 415 g/mol. The number of pyridine rings is 1. The van der Waals surface area contributed by atoms with E-state index in [0.29, 0.717) is 35.4 Å². The molecule has 0 saturated carbocycles. The van der Waals surface area contributed by atoms with E-state index in [9.17, 15) is 9.18 Å². The average Bonchev–Trinajstić information content (AvgIpc) is 2.80. The molecule has 0 unspecified atom stereocenters. The van der Waals surface area contributed by atoms with Crippen LogP contribution in [0, 0.1) is 11.7 Å². The minimum atomic E-state index is -0.582. The van der Waals surface area contributed by atoms with Crippen molar-refractivity contribution >= 4 is 12.1 Å². The molecule has 2 N–H and O–H groups in total. The molecule has 1 saturated heterocycles. The number of carbonyl (C=O) groups is 1. The summed E-state index contributed by atoms with van der Waals surface area (Å²) in [6, 6.07) is 7.77. The van der Waals surface area contributed by atoms with Crippen molar-refractivity contribution in [3.8, 4) is 22.9 Å². The molecule has 1 fully saturated rings. The number of carbonyl (C=O) groups excluding carboxylic acids is 1. The van der Waals surface area contributed by atoms with Gasteiger partial charge in [0.15, 0.2) is 0 Å². The van der Waals surface area contributed by atoms with Gasteiger partial charge in [0, 0.05) is 42.4 Å². The molecule has 164 valence electrons. The van der Waals surface area contributed by atoms with Gasteiger partial charge in [-0.3, -0.25) is 9.78 Å². The number of halogens is 1. The van der Waals surface area contributed by atoms with Gasteiger partial charge in [0.05, 0.1) is 38.0 Å². The van der Waals surface area contributed by atoms with Crippen molar-refractivity contribution in [3.63, 3.8) is 0 Å². The van der Waals surface area contributed by atoms with E-state index in [2.05, 4.69) is 30.8 Å². The number of ether oxygens (including phenoxy) is 2. The van der Waals surface area contributed by atoms with Crippen LogP contribution < -0.4 is 20.2 Å². The van der Waals surface area contributed by atoms with Crippen molar-refractivity contribution in [1.29, 1.82) is 0 Å². The Morgan fingerprint density at radius 3 is 2.88 bits per heavy atom. The zero-order valence-electron chi connectivity index (χ0n) is 17.3. The molecule has 1 amide bonds. The zero-order chi connectivity index (χ0) is 22.3. The second-order valence-corrected chi connectivity index (χ2v) is 7.10. The number of benzene rings is 1. The first kappa shape index (κ1) is 21.3. The van der Waals surface area contributed by atoms with Gasteiger partial charge in [-0.1, -0.05) is 0 Å². The molecule has 9 nitrogen and oxygen atoms in total. The lowest BCUT2D eigenvalue weighted by Gasteiger charge is -2.26. The van der Waals surface area contributed by atoms with Crippen molar-refractivity contribution in [3.05, 3.63) is 66.0 Å². The van der Waals surface area contributed by atoms with Crippen LogP contribution >= 0.6 is 0 Å². The van der Waals surface area contributed by atoms with Crippen LogP contribution in [0.5, 0.6) is 11.6 Å². The fourth-order valence-corrected chi connectivity index (χ4v) is 2.87. The first-order valence-electron chi connectivity index (χ1n) is 9.91. The maximum absolute atomic E-state index is 13.8. The lowest BCUT2D eigenvalue weighted by molar-refractivity contribution is 0.0950. The molecule has 2 aromatic heterocycles. The third-order valence-corrected chi connectivity index (χ3v) is 4.81. The molecule has 0 atom stereocenters. The van der Waals surface area contributed by atoms with Crippen LogP contribution in [0.1, 0.15) is 16.1 Å². The molecule has 0 bridgehead atoms. The molecule has 0 aliphatic carbocycles. The highest BCUT2D eigenvalue weighted by atomic mass is 19.1.